The monoisotopic (exact) mass is 428 g/mol. The standard InChI is InChI=1S/C20H29FN2O3S2/c1-12(2)17-5-14(21)6-18(13(3)4)19(17)7-20(24)22-28(25,26)16-8-23(9-16)15-10-27-11-15/h5-6,12-13,15-16H,7-11H2,1-4H3,(H,22,24). The summed E-state index contributed by atoms with van der Waals surface area (Å²) in [5.41, 5.74) is 2.25. The van der Waals surface area contributed by atoms with Crippen molar-refractivity contribution in [2.45, 2.75) is 57.2 Å². The molecule has 1 aromatic carbocycles. The van der Waals surface area contributed by atoms with Gasteiger partial charge in [0.1, 0.15) is 11.1 Å². The van der Waals surface area contributed by atoms with Gasteiger partial charge in [-0.15, -0.1) is 0 Å². The maximum absolute atomic E-state index is 14.0. The molecule has 1 N–H and O–H groups in total. The van der Waals surface area contributed by atoms with Crippen LogP contribution < -0.4 is 4.72 Å². The first-order valence-corrected chi connectivity index (χ1v) is 12.5. The van der Waals surface area contributed by atoms with Crippen LogP contribution >= 0.6 is 11.8 Å². The van der Waals surface area contributed by atoms with E-state index in [4.69, 9.17) is 0 Å². The van der Waals surface area contributed by atoms with Gasteiger partial charge in [-0.05, 0) is 40.7 Å². The Morgan fingerprint density at radius 1 is 1.18 bits per heavy atom. The molecule has 2 fully saturated rings. The van der Waals surface area contributed by atoms with Crippen LogP contribution in [0.15, 0.2) is 12.1 Å². The molecule has 3 rings (SSSR count). The van der Waals surface area contributed by atoms with Crippen molar-refractivity contribution in [3.8, 4) is 0 Å². The van der Waals surface area contributed by atoms with Gasteiger partial charge >= 0.3 is 0 Å². The van der Waals surface area contributed by atoms with Gasteiger partial charge in [0.25, 0.3) is 0 Å². The van der Waals surface area contributed by atoms with Crippen LogP contribution in [0.25, 0.3) is 0 Å². The minimum Gasteiger partial charge on any atom is -0.296 e. The summed E-state index contributed by atoms with van der Waals surface area (Å²) in [5.74, 6) is 1.31. The topological polar surface area (TPSA) is 66.5 Å². The number of carbonyl (C=O) groups is 1. The van der Waals surface area contributed by atoms with Crippen LogP contribution in [0.1, 0.15) is 56.2 Å². The average molecular weight is 429 g/mol. The van der Waals surface area contributed by atoms with Gasteiger partial charge in [-0.25, -0.2) is 12.8 Å². The number of halogens is 1. The zero-order valence-electron chi connectivity index (χ0n) is 16.9. The van der Waals surface area contributed by atoms with E-state index in [2.05, 4.69) is 9.62 Å². The number of benzene rings is 1. The number of thioether (sulfide) groups is 1. The zero-order valence-corrected chi connectivity index (χ0v) is 18.5. The Morgan fingerprint density at radius 2 is 1.71 bits per heavy atom. The zero-order chi connectivity index (χ0) is 20.6. The molecule has 0 aromatic heterocycles. The summed E-state index contributed by atoms with van der Waals surface area (Å²) < 4.78 is 41.4. The quantitative estimate of drug-likeness (QED) is 0.723. The van der Waals surface area contributed by atoms with E-state index >= 15 is 0 Å². The Kier molecular flexibility index (Phi) is 6.41. The van der Waals surface area contributed by atoms with Gasteiger partial charge in [0.2, 0.25) is 15.9 Å². The van der Waals surface area contributed by atoms with E-state index in [1.165, 1.54) is 12.1 Å². The molecule has 0 spiro atoms. The summed E-state index contributed by atoms with van der Waals surface area (Å²) in [5, 5.41) is -0.538. The van der Waals surface area contributed by atoms with Gasteiger partial charge in [0.05, 0.1) is 6.42 Å². The number of nitrogens with zero attached hydrogens (tertiary/aromatic N) is 1. The van der Waals surface area contributed by atoms with Crippen molar-refractivity contribution < 1.29 is 17.6 Å². The molecule has 0 saturated carbocycles. The fraction of sp³-hybridized carbons (Fsp3) is 0.650. The van der Waals surface area contributed by atoms with Gasteiger partial charge in [0, 0.05) is 30.6 Å². The maximum Gasteiger partial charge on any atom is 0.240 e. The second-order valence-electron chi connectivity index (χ2n) is 8.39. The first-order chi connectivity index (χ1) is 13.1. The van der Waals surface area contributed by atoms with Gasteiger partial charge in [-0.3, -0.25) is 14.4 Å². The third kappa shape index (κ3) is 4.54. The second kappa shape index (κ2) is 8.32. The molecule has 2 aliphatic heterocycles. The van der Waals surface area contributed by atoms with Gasteiger partial charge in [-0.2, -0.15) is 11.8 Å². The number of nitrogens with one attached hydrogen (secondary N) is 1. The average Bonchev–Trinajstić information content (AvgIpc) is 2.48. The fourth-order valence-corrected chi connectivity index (χ4v) is 5.95. The highest BCUT2D eigenvalue weighted by molar-refractivity contribution is 8.00. The normalized spacial score (nSPS) is 19.0. The smallest absolute Gasteiger partial charge is 0.240 e. The Balaban J connectivity index is 1.70. The second-order valence-corrected chi connectivity index (χ2v) is 11.4. The number of likely N-dealkylation sites (tertiary alicyclic amines) is 1. The van der Waals surface area contributed by atoms with Crippen LogP contribution in [-0.2, 0) is 21.2 Å². The van der Waals surface area contributed by atoms with Crippen LogP contribution in [0.5, 0.6) is 0 Å². The molecule has 2 heterocycles. The lowest BCUT2D eigenvalue weighted by Gasteiger charge is -2.46. The molecule has 5 nitrogen and oxygen atoms in total. The van der Waals surface area contributed by atoms with E-state index in [0.717, 1.165) is 28.2 Å². The molecule has 1 amide bonds. The van der Waals surface area contributed by atoms with E-state index in [0.29, 0.717) is 19.1 Å². The molecular weight excluding hydrogens is 399 g/mol. The highest BCUT2D eigenvalue weighted by Crippen LogP contribution is 2.31. The molecule has 156 valence electrons. The molecular formula is C20H29FN2O3S2. The molecule has 2 saturated heterocycles. The molecule has 0 bridgehead atoms. The van der Waals surface area contributed by atoms with Crippen molar-refractivity contribution in [1.82, 2.24) is 9.62 Å². The number of rotatable bonds is 7. The lowest BCUT2D eigenvalue weighted by Crippen LogP contribution is -2.63. The van der Waals surface area contributed by atoms with Gasteiger partial charge < -0.3 is 0 Å². The molecule has 0 unspecified atom stereocenters. The summed E-state index contributed by atoms with van der Waals surface area (Å²) >= 11 is 1.86. The molecule has 0 radical (unpaired) electrons. The predicted octanol–water partition coefficient (Wildman–Crippen LogP) is 2.86. The first-order valence-electron chi connectivity index (χ1n) is 9.77. The molecule has 0 aliphatic carbocycles. The lowest BCUT2D eigenvalue weighted by molar-refractivity contribution is -0.118. The van der Waals surface area contributed by atoms with E-state index in [-0.39, 0.29) is 24.1 Å². The molecule has 2 aliphatic rings. The lowest BCUT2D eigenvalue weighted by atomic mass is 9.87. The number of amides is 1. The van der Waals surface area contributed by atoms with Crippen LogP contribution in [0.3, 0.4) is 0 Å². The fourth-order valence-electron chi connectivity index (χ4n) is 3.75. The predicted molar refractivity (Wildman–Crippen MR) is 112 cm³/mol. The van der Waals surface area contributed by atoms with Crippen LogP contribution in [0.4, 0.5) is 4.39 Å². The largest absolute Gasteiger partial charge is 0.296 e. The summed E-state index contributed by atoms with van der Waals surface area (Å²) in [6.07, 6.45) is -0.0593. The van der Waals surface area contributed by atoms with Crippen molar-refractivity contribution in [3.63, 3.8) is 0 Å². The third-order valence-electron chi connectivity index (χ3n) is 5.57. The number of carbonyl (C=O) groups excluding carboxylic acids is 1. The Bertz CT molecular complexity index is 816. The SMILES string of the molecule is CC(C)c1cc(F)cc(C(C)C)c1CC(=O)NS(=O)(=O)C1CN(C2CSC2)C1. The van der Waals surface area contributed by atoms with E-state index in [1.807, 2.05) is 39.5 Å². The Morgan fingerprint density at radius 3 is 2.14 bits per heavy atom. The van der Waals surface area contributed by atoms with Crippen molar-refractivity contribution in [3.05, 3.63) is 34.6 Å². The highest BCUT2D eigenvalue weighted by Gasteiger charge is 2.42. The minimum atomic E-state index is -3.69. The number of hydrogen-bond donors (Lipinski definition) is 1. The van der Waals surface area contributed by atoms with Crippen LogP contribution in [0, 0.1) is 5.82 Å². The van der Waals surface area contributed by atoms with Gasteiger partial charge in [0.15, 0.2) is 0 Å². The number of sulfonamides is 1. The summed E-state index contributed by atoms with van der Waals surface area (Å²) in [6.45, 7) is 8.74. The van der Waals surface area contributed by atoms with Crippen molar-refractivity contribution >= 4 is 27.7 Å². The molecule has 1 aromatic rings. The summed E-state index contributed by atoms with van der Waals surface area (Å²) in [7, 11) is -3.69. The van der Waals surface area contributed by atoms with Crippen LogP contribution in [0.2, 0.25) is 0 Å². The first kappa shape index (κ1) is 21.6. The summed E-state index contributed by atoms with van der Waals surface area (Å²) in [6, 6.07) is 3.39. The molecule has 28 heavy (non-hydrogen) atoms. The number of hydrogen-bond acceptors (Lipinski definition) is 5. The maximum atomic E-state index is 14.0. The van der Waals surface area contributed by atoms with Crippen LogP contribution in [-0.4, -0.2) is 55.1 Å². The van der Waals surface area contributed by atoms with E-state index in [9.17, 15) is 17.6 Å². The van der Waals surface area contributed by atoms with E-state index < -0.39 is 21.2 Å². The third-order valence-corrected chi connectivity index (χ3v) is 8.50. The van der Waals surface area contributed by atoms with Crippen molar-refractivity contribution in [2.75, 3.05) is 24.6 Å². The Hall–Kier alpha value is -1.12. The van der Waals surface area contributed by atoms with Crippen molar-refractivity contribution in [2.24, 2.45) is 0 Å². The van der Waals surface area contributed by atoms with E-state index in [1.54, 1.807) is 0 Å². The highest BCUT2D eigenvalue weighted by atomic mass is 32.2. The van der Waals surface area contributed by atoms with Gasteiger partial charge in [-0.1, -0.05) is 27.7 Å². The van der Waals surface area contributed by atoms with Crippen molar-refractivity contribution in [1.29, 1.82) is 0 Å². The Labute approximate surface area is 171 Å². The molecule has 0 atom stereocenters. The minimum absolute atomic E-state index is 0.0353. The molecule has 8 heteroatoms. The summed E-state index contributed by atoms with van der Waals surface area (Å²) in [4.78, 5) is 14.8.